The molecule has 0 heterocycles. The summed E-state index contributed by atoms with van der Waals surface area (Å²) in [5.41, 5.74) is 1.16. The monoisotopic (exact) mass is 349 g/mol. The number of carbonyl (C=O) groups is 1. The number of methoxy groups -OCH3 is 1. The van der Waals surface area contributed by atoms with E-state index in [-0.39, 0.29) is 28.7 Å². The Morgan fingerprint density at radius 2 is 1.88 bits per heavy atom. The number of hydrogen-bond acceptors (Lipinski definition) is 4. The van der Waals surface area contributed by atoms with E-state index < -0.39 is 16.0 Å². The molecule has 0 aliphatic carbocycles. The summed E-state index contributed by atoms with van der Waals surface area (Å²) in [4.78, 5) is 11.1. The maximum atomic E-state index is 12.3. The number of rotatable bonds is 7. The molecule has 0 aliphatic rings. The molecule has 2 rings (SSSR count). The molecule has 0 aromatic heterocycles. The Balaban J connectivity index is 2.16. The van der Waals surface area contributed by atoms with E-state index in [4.69, 9.17) is 9.84 Å². The zero-order valence-corrected chi connectivity index (χ0v) is 14.2. The molecule has 2 aromatic carbocycles. The van der Waals surface area contributed by atoms with Crippen LogP contribution in [0.15, 0.2) is 48.5 Å². The first-order valence-corrected chi connectivity index (χ1v) is 8.94. The van der Waals surface area contributed by atoms with Crippen LogP contribution in [0.2, 0.25) is 0 Å². The standard InChI is InChI=1S/C17H19NO5S/c1-12(13-6-4-3-5-7-13)11-24(21,22)18-14-8-9-15(17(19)20)16(10-14)23-2/h3-10,12,18H,11H2,1-2H3,(H,19,20). The van der Waals surface area contributed by atoms with E-state index in [1.165, 1.54) is 25.3 Å². The molecular weight excluding hydrogens is 330 g/mol. The molecule has 6 nitrogen and oxygen atoms in total. The molecule has 0 saturated heterocycles. The fourth-order valence-corrected chi connectivity index (χ4v) is 3.78. The van der Waals surface area contributed by atoms with Crippen LogP contribution in [0.1, 0.15) is 28.8 Å². The summed E-state index contributed by atoms with van der Waals surface area (Å²) in [5, 5.41) is 9.05. The fourth-order valence-electron chi connectivity index (χ4n) is 2.36. The van der Waals surface area contributed by atoms with Crippen LogP contribution in [0.25, 0.3) is 0 Å². The fraction of sp³-hybridized carbons (Fsp3) is 0.235. The van der Waals surface area contributed by atoms with Gasteiger partial charge in [-0.2, -0.15) is 0 Å². The maximum Gasteiger partial charge on any atom is 0.339 e. The van der Waals surface area contributed by atoms with Crippen molar-refractivity contribution in [2.45, 2.75) is 12.8 Å². The molecule has 1 unspecified atom stereocenters. The van der Waals surface area contributed by atoms with Gasteiger partial charge < -0.3 is 9.84 Å². The summed E-state index contributed by atoms with van der Waals surface area (Å²) in [7, 11) is -2.26. The molecule has 0 bridgehead atoms. The molecule has 0 radical (unpaired) electrons. The van der Waals surface area contributed by atoms with E-state index in [2.05, 4.69) is 4.72 Å². The topological polar surface area (TPSA) is 92.7 Å². The number of carboxylic acids is 1. The van der Waals surface area contributed by atoms with E-state index >= 15 is 0 Å². The van der Waals surface area contributed by atoms with Crippen LogP contribution in [-0.4, -0.2) is 32.4 Å². The third kappa shape index (κ3) is 4.48. The lowest BCUT2D eigenvalue weighted by molar-refractivity contribution is 0.0693. The molecule has 7 heteroatoms. The third-order valence-corrected chi connectivity index (χ3v) is 5.03. The van der Waals surface area contributed by atoms with Gasteiger partial charge in [-0.1, -0.05) is 37.3 Å². The average molecular weight is 349 g/mol. The van der Waals surface area contributed by atoms with Crippen LogP contribution in [0, 0.1) is 0 Å². The number of carboxylic acid groups (broad SMARTS) is 1. The Labute approximate surface area is 141 Å². The van der Waals surface area contributed by atoms with Gasteiger partial charge in [0.25, 0.3) is 0 Å². The maximum absolute atomic E-state index is 12.3. The van der Waals surface area contributed by atoms with Gasteiger partial charge in [-0.15, -0.1) is 0 Å². The average Bonchev–Trinajstić information content (AvgIpc) is 2.54. The van der Waals surface area contributed by atoms with Crippen molar-refractivity contribution in [3.05, 3.63) is 59.7 Å². The molecule has 0 spiro atoms. The van der Waals surface area contributed by atoms with Crippen molar-refractivity contribution in [1.29, 1.82) is 0 Å². The highest BCUT2D eigenvalue weighted by Gasteiger charge is 2.18. The zero-order chi connectivity index (χ0) is 17.7. The second kappa shape index (κ2) is 7.35. The highest BCUT2D eigenvalue weighted by molar-refractivity contribution is 7.92. The van der Waals surface area contributed by atoms with Crippen molar-refractivity contribution in [2.75, 3.05) is 17.6 Å². The first-order valence-electron chi connectivity index (χ1n) is 7.29. The summed E-state index contributed by atoms with van der Waals surface area (Å²) in [6, 6.07) is 13.4. The van der Waals surface area contributed by atoms with Gasteiger partial charge in [0.15, 0.2) is 0 Å². The molecule has 24 heavy (non-hydrogen) atoms. The zero-order valence-electron chi connectivity index (χ0n) is 13.4. The number of hydrogen-bond donors (Lipinski definition) is 2. The van der Waals surface area contributed by atoms with Crippen LogP contribution in [0.4, 0.5) is 5.69 Å². The summed E-state index contributed by atoms with van der Waals surface area (Å²) in [5.74, 6) is -1.30. The van der Waals surface area contributed by atoms with Crippen molar-refractivity contribution < 1.29 is 23.1 Å². The minimum atomic E-state index is -3.59. The molecule has 2 aromatic rings. The van der Waals surface area contributed by atoms with E-state index in [0.717, 1.165) is 5.56 Å². The van der Waals surface area contributed by atoms with Crippen LogP contribution in [0.3, 0.4) is 0 Å². The molecule has 0 fully saturated rings. The lowest BCUT2D eigenvalue weighted by atomic mass is 10.0. The minimum absolute atomic E-state index is 0.0295. The first-order chi connectivity index (χ1) is 11.3. The van der Waals surface area contributed by atoms with Gasteiger partial charge in [-0.05, 0) is 23.6 Å². The number of aromatic carboxylic acids is 1. The van der Waals surface area contributed by atoms with E-state index in [1.54, 1.807) is 0 Å². The minimum Gasteiger partial charge on any atom is -0.496 e. The molecule has 0 saturated carbocycles. The molecule has 0 amide bonds. The van der Waals surface area contributed by atoms with E-state index in [9.17, 15) is 13.2 Å². The Bertz CT molecular complexity index is 818. The number of anilines is 1. The largest absolute Gasteiger partial charge is 0.496 e. The second-order valence-corrected chi connectivity index (χ2v) is 7.18. The van der Waals surface area contributed by atoms with Gasteiger partial charge in [0, 0.05) is 6.07 Å². The van der Waals surface area contributed by atoms with Gasteiger partial charge >= 0.3 is 5.97 Å². The number of sulfonamides is 1. The van der Waals surface area contributed by atoms with Crippen LogP contribution >= 0.6 is 0 Å². The third-order valence-electron chi connectivity index (χ3n) is 3.54. The first kappa shape index (κ1) is 17.8. The highest BCUT2D eigenvalue weighted by atomic mass is 32.2. The van der Waals surface area contributed by atoms with Crippen LogP contribution in [-0.2, 0) is 10.0 Å². The number of benzene rings is 2. The number of ether oxygens (including phenoxy) is 1. The molecule has 2 N–H and O–H groups in total. The smallest absolute Gasteiger partial charge is 0.339 e. The van der Waals surface area contributed by atoms with Crippen molar-refractivity contribution in [3.63, 3.8) is 0 Å². The molecule has 0 aliphatic heterocycles. The van der Waals surface area contributed by atoms with Crippen LogP contribution in [0.5, 0.6) is 5.75 Å². The van der Waals surface area contributed by atoms with Crippen molar-refractivity contribution in [1.82, 2.24) is 0 Å². The normalized spacial score (nSPS) is 12.4. The van der Waals surface area contributed by atoms with Crippen molar-refractivity contribution >= 4 is 21.7 Å². The number of nitrogens with one attached hydrogen (secondary N) is 1. The highest BCUT2D eigenvalue weighted by Crippen LogP contribution is 2.25. The molecule has 1 atom stereocenters. The lowest BCUT2D eigenvalue weighted by Gasteiger charge is -2.15. The Hall–Kier alpha value is -2.54. The summed E-state index contributed by atoms with van der Waals surface area (Å²) < 4.78 is 32.1. The Morgan fingerprint density at radius 3 is 2.46 bits per heavy atom. The molecule has 128 valence electrons. The predicted molar refractivity (Wildman–Crippen MR) is 92.2 cm³/mol. The van der Waals surface area contributed by atoms with Gasteiger partial charge in [0.1, 0.15) is 11.3 Å². The summed E-state index contributed by atoms with van der Waals surface area (Å²) in [6.07, 6.45) is 0. The van der Waals surface area contributed by atoms with Crippen molar-refractivity contribution in [3.8, 4) is 5.75 Å². The van der Waals surface area contributed by atoms with Gasteiger partial charge in [-0.25, -0.2) is 13.2 Å². The lowest BCUT2D eigenvalue weighted by Crippen LogP contribution is -2.20. The van der Waals surface area contributed by atoms with Gasteiger partial charge in [0.05, 0.1) is 18.6 Å². The van der Waals surface area contributed by atoms with Gasteiger partial charge in [0.2, 0.25) is 10.0 Å². The van der Waals surface area contributed by atoms with Crippen molar-refractivity contribution in [2.24, 2.45) is 0 Å². The quantitative estimate of drug-likeness (QED) is 0.802. The van der Waals surface area contributed by atoms with Gasteiger partial charge in [-0.3, -0.25) is 4.72 Å². The Kier molecular flexibility index (Phi) is 5.46. The summed E-state index contributed by atoms with van der Waals surface area (Å²) in [6.45, 7) is 1.84. The summed E-state index contributed by atoms with van der Waals surface area (Å²) >= 11 is 0. The second-order valence-electron chi connectivity index (χ2n) is 5.42. The van der Waals surface area contributed by atoms with E-state index in [1.807, 2.05) is 37.3 Å². The predicted octanol–water partition coefficient (Wildman–Crippen LogP) is 2.94. The van der Waals surface area contributed by atoms with E-state index in [0.29, 0.717) is 0 Å². The van der Waals surface area contributed by atoms with Crippen LogP contribution < -0.4 is 9.46 Å². The molecular formula is C17H19NO5S. The SMILES string of the molecule is COc1cc(NS(=O)(=O)CC(C)c2ccccc2)ccc1C(=O)O. The Morgan fingerprint density at radius 1 is 1.21 bits per heavy atom.